The van der Waals surface area contributed by atoms with Gasteiger partial charge in [-0.2, -0.15) is 0 Å². The molecule has 1 saturated heterocycles. The Hall–Kier alpha value is -1.36. The summed E-state index contributed by atoms with van der Waals surface area (Å²) < 4.78 is 2.23. The molecule has 21 heavy (non-hydrogen) atoms. The topological polar surface area (TPSA) is 58.4 Å². The zero-order chi connectivity index (χ0) is 15.0. The maximum atomic E-state index is 11.5. The van der Waals surface area contributed by atoms with Crippen LogP contribution in [0.15, 0.2) is 0 Å². The fourth-order valence-corrected chi connectivity index (χ4v) is 3.89. The number of piperidine rings is 1. The van der Waals surface area contributed by atoms with Gasteiger partial charge in [0.1, 0.15) is 5.82 Å². The van der Waals surface area contributed by atoms with Crippen molar-refractivity contribution >= 4 is 5.97 Å². The highest BCUT2D eigenvalue weighted by atomic mass is 16.4. The zero-order valence-electron chi connectivity index (χ0n) is 13.0. The molecule has 0 aromatic carbocycles. The monoisotopic (exact) mass is 291 g/mol. The highest BCUT2D eigenvalue weighted by Gasteiger charge is 2.32. The first-order valence-electron chi connectivity index (χ1n) is 8.17. The third-order valence-electron chi connectivity index (χ3n) is 5.12. The molecule has 116 valence electrons. The number of nitrogens with zero attached hydrogens (tertiary/aromatic N) is 3. The van der Waals surface area contributed by atoms with Gasteiger partial charge in [-0.25, -0.2) is 9.78 Å². The number of hydrogen-bond acceptors (Lipinski definition) is 3. The molecular formula is C16H25N3O2. The third-order valence-corrected chi connectivity index (χ3v) is 5.12. The Bertz CT molecular complexity index is 530. The first kappa shape index (κ1) is 14.6. The average molecular weight is 291 g/mol. The fourth-order valence-electron chi connectivity index (χ4n) is 3.89. The highest BCUT2D eigenvalue weighted by Crippen LogP contribution is 2.35. The van der Waals surface area contributed by atoms with Crippen LogP contribution >= 0.6 is 0 Å². The predicted molar refractivity (Wildman–Crippen MR) is 80.9 cm³/mol. The number of rotatable bonds is 3. The smallest absolute Gasteiger partial charge is 0.356 e. The number of hydrogen-bond donors (Lipinski definition) is 1. The normalized spacial score (nSPS) is 24.0. The van der Waals surface area contributed by atoms with Crippen LogP contribution in [0.1, 0.15) is 73.4 Å². The molecule has 1 N–H and O–H groups in total. The van der Waals surface area contributed by atoms with E-state index in [4.69, 9.17) is 0 Å². The van der Waals surface area contributed by atoms with Crippen molar-refractivity contribution < 1.29 is 9.90 Å². The van der Waals surface area contributed by atoms with Crippen LogP contribution in [0, 0.1) is 0 Å². The third kappa shape index (κ3) is 2.59. The molecule has 2 aliphatic heterocycles. The second kappa shape index (κ2) is 5.79. The maximum absolute atomic E-state index is 11.5. The van der Waals surface area contributed by atoms with E-state index in [-0.39, 0.29) is 0 Å². The summed E-state index contributed by atoms with van der Waals surface area (Å²) in [4.78, 5) is 18.5. The Morgan fingerprint density at radius 2 is 2.00 bits per heavy atom. The molecule has 2 aliphatic rings. The van der Waals surface area contributed by atoms with E-state index in [1.54, 1.807) is 0 Å². The van der Waals surface area contributed by atoms with E-state index in [1.165, 1.54) is 0 Å². The van der Waals surface area contributed by atoms with Crippen LogP contribution in [0.4, 0.5) is 0 Å². The molecule has 3 rings (SSSR count). The van der Waals surface area contributed by atoms with Crippen molar-refractivity contribution in [2.45, 2.75) is 57.9 Å². The second-order valence-corrected chi connectivity index (χ2v) is 6.41. The van der Waals surface area contributed by atoms with Crippen molar-refractivity contribution in [1.29, 1.82) is 0 Å². The minimum absolute atomic E-state index is 0.301. The summed E-state index contributed by atoms with van der Waals surface area (Å²) in [6.45, 7) is 8.56. The van der Waals surface area contributed by atoms with Crippen molar-refractivity contribution in [3.63, 3.8) is 0 Å². The van der Waals surface area contributed by atoms with Gasteiger partial charge in [0, 0.05) is 12.5 Å². The lowest BCUT2D eigenvalue weighted by Crippen LogP contribution is -2.33. The van der Waals surface area contributed by atoms with Gasteiger partial charge in [-0.1, -0.05) is 13.8 Å². The second-order valence-electron chi connectivity index (χ2n) is 6.41. The highest BCUT2D eigenvalue weighted by molar-refractivity contribution is 5.87. The molecule has 0 aliphatic carbocycles. The molecule has 1 aromatic rings. The molecule has 1 atom stereocenters. The number of carboxylic acids is 1. The number of likely N-dealkylation sites (tertiary alicyclic amines) is 1. The van der Waals surface area contributed by atoms with Gasteiger partial charge < -0.3 is 14.6 Å². The van der Waals surface area contributed by atoms with Crippen molar-refractivity contribution in [1.82, 2.24) is 14.5 Å². The number of carbonyl (C=O) groups is 1. The summed E-state index contributed by atoms with van der Waals surface area (Å²) in [6.07, 6.45) is 4.39. The quantitative estimate of drug-likeness (QED) is 0.930. The molecule has 0 radical (unpaired) electrons. The molecule has 3 heterocycles. The largest absolute Gasteiger partial charge is 0.476 e. The number of aromatic nitrogens is 2. The lowest BCUT2D eigenvalue weighted by molar-refractivity contribution is 0.0688. The lowest BCUT2D eigenvalue weighted by Gasteiger charge is -2.32. The van der Waals surface area contributed by atoms with Gasteiger partial charge in [-0.3, -0.25) is 0 Å². The van der Waals surface area contributed by atoms with Crippen molar-refractivity contribution in [2.24, 2.45) is 0 Å². The molecule has 5 nitrogen and oxygen atoms in total. The van der Waals surface area contributed by atoms with Gasteiger partial charge >= 0.3 is 5.97 Å². The van der Waals surface area contributed by atoms with E-state index < -0.39 is 5.97 Å². The molecule has 0 saturated carbocycles. The van der Waals surface area contributed by atoms with E-state index >= 15 is 0 Å². The Labute approximate surface area is 126 Å². The number of fused-ring (bicyclic) bond motifs is 1. The van der Waals surface area contributed by atoms with E-state index in [0.717, 1.165) is 63.4 Å². The number of imidazole rings is 1. The van der Waals surface area contributed by atoms with Crippen LogP contribution in [0.5, 0.6) is 0 Å². The molecule has 1 aromatic heterocycles. The van der Waals surface area contributed by atoms with Gasteiger partial charge in [-0.15, -0.1) is 0 Å². The van der Waals surface area contributed by atoms with Crippen LogP contribution in [0.2, 0.25) is 0 Å². The Balaban J connectivity index is 1.92. The minimum atomic E-state index is -0.871. The van der Waals surface area contributed by atoms with E-state index in [1.807, 2.05) is 0 Å². The van der Waals surface area contributed by atoms with Crippen molar-refractivity contribution in [3.05, 3.63) is 17.2 Å². The Morgan fingerprint density at radius 3 is 2.62 bits per heavy atom. The standard InChI is InChI=1S/C16H25N3O2/c1-3-18-9-6-12(7-10-18)15-17-13(16(20)21)14-11(2)5-4-8-19(14)15/h11-12H,3-10H2,1-2H3,(H,20,21). The van der Waals surface area contributed by atoms with E-state index in [0.29, 0.717) is 17.5 Å². The first-order valence-corrected chi connectivity index (χ1v) is 8.17. The van der Waals surface area contributed by atoms with Crippen LogP contribution in [-0.2, 0) is 6.54 Å². The van der Waals surface area contributed by atoms with Crippen LogP contribution in [0.25, 0.3) is 0 Å². The van der Waals surface area contributed by atoms with Gasteiger partial charge in [-0.05, 0) is 51.2 Å². The van der Waals surface area contributed by atoms with Gasteiger partial charge in [0.15, 0.2) is 5.69 Å². The van der Waals surface area contributed by atoms with Crippen molar-refractivity contribution in [3.8, 4) is 0 Å². The summed E-state index contributed by atoms with van der Waals surface area (Å²) in [6, 6.07) is 0. The van der Waals surface area contributed by atoms with Crippen LogP contribution in [0.3, 0.4) is 0 Å². The molecule has 0 spiro atoms. The zero-order valence-corrected chi connectivity index (χ0v) is 13.0. The maximum Gasteiger partial charge on any atom is 0.356 e. The fraction of sp³-hybridized carbons (Fsp3) is 0.750. The molecular weight excluding hydrogens is 266 g/mol. The SMILES string of the molecule is CCN1CCC(c2nc(C(=O)O)c3n2CCCC3C)CC1. The van der Waals surface area contributed by atoms with Gasteiger partial charge in [0.05, 0.1) is 5.69 Å². The predicted octanol–water partition coefficient (Wildman–Crippen LogP) is 2.68. The van der Waals surface area contributed by atoms with Gasteiger partial charge in [0.2, 0.25) is 0 Å². The summed E-state index contributed by atoms with van der Waals surface area (Å²) in [5.74, 6) is 0.890. The van der Waals surface area contributed by atoms with E-state index in [9.17, 15) is 9.90 Å². The Kier molecular flexibility index (Phi) is 4.02. The summed E-state index contributed by atoms with van der Waals surface area (Å²) in [7, 11) is 0. The molecule has 1 unspecified atom stereocenters. The molecule has 5 heteroatoms. The van der Waals surface area contributed by atoms with E-state index in [2.05, 4.69) is 28.3 Å². The molecule has 0 amide bonds. The first-order chi connectivity index (χ1) is 10.1. The van der Waals surface area contributed by atoms with Crippen LogP contribution in [-0.4, -0.2) is 45.2 Å². The summed E-state index contributed by atoms with van der Waals surface area (Å²) >= 11 is 0. The molecule has 0 bridgehead atoms. The summed E-state index contributed by atoms with van der Waals surface area (Å²) in [5, 5.41) is 9.47. The number of carboxylic acid groups (broad SMARTS) is 1. The van der Waals surface area contributed by atoms with Crippen LogP contribution < -0.4 is 0 Å². The Morgan fingerprint density at radius 1 is 1.29 bits per heavy atom. The average Bonchev–Trinajstić information content (AvgIpc) is 2.88. The minimum Gasteiger partial charge on any atom is -0.476 e. The molecule has 1 fully saturated rings. The van der Waals surface area contributed by atoms with Gasteiger partial charge in [0.25, 0.3) is 0 Å². The number of aromatic carboxylic acids is 1. The summed E-state index contributed by atoms with van der Waals surface area (Å²) in [5.41, 5.74) is 1.26. The lowest BCUT2D eigenvalue weighted by atomic mass is 9.94. The van der Waals surface area contributed by atoms with Crippen molar-refractivity contribution in [2.75, 3.05) is 19.6 Å².